The minimum absolute atomic E-state index is 0.0311. The van der Waals surface area contributed by atoms with Gasteiger partial charge in [-0.2, -0.15) is 0 Å². The summed E-state index contributed by atoms with van der Waals surface area (Å²) in [6, 6.07) is 9.47. The molecule has 0 spiro atoms. The van der Waals surface area contributed by atoms with E-state index in [-0.39, 0.29) is 24.9 Å². The Morgan fingerprint density at radius 1 is 1.21 bits per heavy atom. The lowest BCUT2D eigenvalue weighted by Gasteiger charge is -2.29. The van der Waals surface area contributed by atoms with Crippen LogP contribution in [0.4, 0.5) is 5.69 Å². The van der Waals surface area contributed by atoms with Crippen molar-refractivity contribution in [3.05, 3.63) is 43.0 Å². The lowest BCUT2D eigenvalue weighted by Crippen LogP contribution is -2.47. The maximum absolute atomic E-state index is 12.6. The summed E-state index contributed by atoms with van der Waals surface area (Å²) in [6.07, 6.45) is 1.70. The van der Waals surface area contributed by atoms with Crippen molar-refractivity contribution in [3.63, 3.8) is 0 Å². The topological polar surface area (TPSA) is 53.1 Å². The van der Waals surface area contributed by atoms with Crippen LogP contribution in [0.5, 0.6) is 0 Å². The summed E-state index contributed by atoms with van der Waals surface area (Å²) in [5.74, 6) is -0.0260. The zero-order valence-corrected chi connectivity index (χ0v) is 14.2. The van der Waals surface area contributed by atoms with Gasteiger partial charge in [0.2, 0.25) is 11.8 Å². The summed E-state index contributed by atoms with van der Waals surface area (Å²) in [5, 5.41) is 0. The predicted octanol–water partition coefficient (Wildman–Crippen LogP) is 0.996. The van der Waals surface area contributed by atoms with Crippen molar-refractivity contribution in [1.82, 2.24) is 9.80 Å². The Hall–Kier alpha value is -2.18. The number of anilines is 1. The Bertz CT molecular complexity index is 556. The van der Waals surface area contributed by atoms with Gasteiger partial charge in [-0.15, -0.1) is 6.58 Å². The van der Waals surface area contributed by atoms with Gasteiger partial charge in [-0.25, -0.2) is 0 Å². The first-order chi connectivity index (χ1) is 11.6. The maximum atomic E-state index is 12.6. The average molecular weight is 331 g/mol. The van der Waals surface area contributed by atoms with Gasteiger partial charge in [0.15, 0.2) is 0 Å². The number of morpholine rings is 1. The molecule has 1 aromatic carbocycles. The number of carbonyl (C=O) groups excluding carboxylic acids is 2. The standard InChI is InChI=1S/C18H25N3O3/c1-3-9-21(16-7-5-4-6-8-16)18(23)15-19(2)14-17(22)20-10-12-24-13-11-20/h3-8H,1,9-15H2,2H3. The summed E-state index contributed by atoms with van der Waals surface area (Å²) in [4.78, 5) is 30.0. The Balaban J connectivity index is 1.91. The van der Waals surface area contributed by atoms with Gasteiger partial charge in [-0.1, -0.05) is 24.3 Å². The van der Waals surface area contributed by atoms with E-state index in [1.54, 1.807) is 27.8 Å². The van der Waals surface area contributed by atoms with Crippen molar-refractivity contribution >= 4 is 17.5 Å². The molecule has 6 heteroatoms. The van der Waals surface area contributed by atoms with Crippen molar-refractivity contribution in [2.75, 3.05) is 57.9 Å². The number of carbonyl (C=O) groups is 2. The molecule has 1 saturated heterocycles. The Kier molecular flexibility index (Phi) is 6.96. The number of hydrogen-bond acceptors (Lipinski definition) is 4. The molecule has 0 atom stereocenters. The van der Waals surface area contributed by atoms with Crippen molar-refractivity contribution in [1.29, 1.82) is 0 Å². The molecule has 0 saturated carbocycles. The van der Waals surface area contributed by atoms with Gasteiger partial charge < -0.3 is 14.5 Å². The van der Waals surface area contributed by atoms with Crippen LogP contribution >= 0.6 is 0 Å². The molecule has 1 aromatic rings. The molecule has 0 radical (unpaired) electrons. The molecule has 0 aliphatic carbocycles. The molecule has 130 valence electrons. The van der Waals surface area contributed by atoms with Crippen LogP contribution in [0.1, 0.15) is 0 Å². The summed E-state index contributed by atoms with van der Waals surface area (Å²) in [5.41, 5.74) is 0.829. The van der Waals surface area contributed by atoms with Gasteiger partial charge in [0.25, 0.3) is 0 Å². The van der Waals surface area contributed by atoms with Crippen LogP contribution in [-0.4, -0.2) is 74.6 Å². The highest BCUT2D eigenvalue weighted by Gasteiger charge is 2.21. The Morgan fingerprint density at radius 3 is 2.50 bits per heavy atom. The van der Waals surface area contributed by atoms with Gasteiger partial charge in [-0.05, 0) is 19.2 Å². The van der Waals surface area contributed by atoms with E-state index in [1.807, 2.05) is 30.3 Å². The lowest BCUT2D eigenvalue weighted by molar-refractivity contribution is -0.136. The second-order valence-electron chi connectivity index (χ2n) is 5.79. The van der Waals surface area contributed by atoms with Gasteiger partial charge in [0.1, 0.15) is 0 Å². The third-order valence-corrected chi connectivity index (χ3v) is 3.85. The maximum Gasteiger partial charge on any atom is 0.241 e. The van der Waals surface area contributed by atoms with E-state index in [2.05, 4.69) is 6.58 Å². The zero-order valence-electron chi connectivity index (χ0n) is 14.2. The summed E-state index contributed by atoms with van der Waals surface area (Å²) < 4.78 is 5.25. The van der Waals surface area contributed by atoms with Crippen LogP contribution in [-0.2, 0) is 14.3 Å². The first kappa shape index (κ1) is 18.2. The van der Waals surface area contributed by atoms with E-state index in [0.29, 0.717) is 32.8 Å². The summed E-state index contributed by atoms with van der Waals surface area (Å²) in [7, 11) is 1.79. The number of likely N-dealkylation sites (N-methyl/N-ethyl adjacent to an activating group) is 1. The first-order valence-electron chi connectivity index (χ1n) is 8.12. The molecule has 0 bridgehead atoms. The smallest absolute Gasteiger partial charge is 0.241 e. The van der Waals surface area contributed by atoms with Crippen LogP contribution in [0.15, 0.2) is 43.0 Å². The SMILES string of the molecule is C=CCN(C(=O)CN(C)CC(=O)N1CCOCC1)c1ccccc1. The molecule has 0 unspecified atom stereocenters. The van der Waals surface area contributed by atoms with Crippen molar-refractivity contribution in [2.24, 2.45) is 0 Å². The average Bonchev–Trinajstić information content (AvgIpc) is 2.60. The fraction of sp³-hybridized carbons (Fsp3) is 0.444. The lowest BCUT2D eigenvalue weighted by atomic mass is 10.2. The molecule has 1 heterocycles. The van der Waals surface area contributed by atoms with Gasteiger partial charge in [0.05, 0.1) is 26.3 Å². The normalized spacial score (nSPS) is 14.5. The number of amides is 2. The van der Waals surface area contributed by atoms with Crippen LogP contribution in [0, 0.1) is 0 Å². The number of rotatable bonds is 7. The molecule has 24 heavy (non-hydrogen) atoms. The molecule has 1 aliphatic rings. The first-order valence-corrected chi connectivity index (χ1v) is 8.12. The Morgan fingerprint density at radius 2 is 1.88 bits per heavy atom. The molecular weight excluding hydrogens is 306 g/mol. The van der Waals surface area contributed by atoms with Gasteiger partial charge >= 0.3 is 0 Å². The minimum Gasteiger partial charge on any atom is -0.378 e. The van der Waals surface area contributed by atoms with Gasteiger partial charge in [-0.3, -0.25) is 14.5 Å². The van der Waals surface area contributed by atoms with E-state index >= 15 is 0 Å². The van der Waals surface area contributed by atoms with E-state index in [1.165, 1.54) is 0 Å². The second kappa shape index (κ2) is 9.20. The Labute approximate surface area is 143 Å². The molecule has 1 aliphatic heterocycles. The molecule has 2 rings (SSSR count). The monoisotopic (exact) mass is 331 g/mol. The molecule has 0 N–H and O–H groups in total. The fourth-order valence-electron chi connectivity index (χ4n) is 2.60. The minimum atomic E-state index is -0.0571. The van der Waals surface area contributed by atoms with Crippen molar-refractivity contribution in [3.8, 4) is 0 Å². The van der Waals surface area contributed by atoms with E-state index in [9.17, 15) is 9.59 Å². The molecule has 2 amide bonds. The van der Waals surface area contributed by atoms with E-state index < -0.39 is 0 Å². The third kappa shape index (κ3) is 5.18. The largest absolute Gasteiger partial charge is 0.378 e. The zero-order chi connectivity index (χ0) is 17.4. The summed E-state index contributed by atoms with van der Waals surface area (Å²) >= 11 is 0. The fourth-order valence-corrected chi connectivity index (χ4v) is 2.60. The number of ether oxygens (including phenoxy) is 1. The number of hydrogen-bond donors (Lipinski definition) is 0. The van der Waals surface area contributed by atoms with Crippen molar-refractivity contribution < 1.29 is 14.3 Å². The molecule has 6 nitrogen and oxygen atoms in total. The van der Waals surface area contributed by atoms with Crippen LogP contribution in [0.25, 0.3) is 0 Å². The van der Waals surface area contributed by atoms with Gasteiger partial charge in [0, 0.05) is 25.3 Å². The molecular formula is C18H25N3O3. The van der Waals surface area contributed by atoms with E-state index in [0.717, 1.165) is 5.69 Å². The van der Waals surface area contributed by atoms with E-state index in [4.69, 9.17) is 4.74 Å². The quantitative estimate of drug-likeness (QED) is 0.700. The van der Waals surface area contributed by atoms with Crippen molar-refractivity contribution in [2.45, 2.75) is 0 Å². The molecule has 0 aromatic heterocycles. The second-order valence-corrected chi connectivity index (χ2v) is 5.79. The van der Waals surface area contributed by atoms with Crippen LogP contribution in [0.3, 0.4) is 0 Å². The molecule has 1 fully saturated rings. The number of para-hydroxylation sites is 1. The predicted molar refractivity (Wildman–Crippen MR) is 93.9 cm³/mol. The number of nitrogens with zero attached hydrogens (tertiary/aromatic N) is 3. The highest BCUT2D eigenvalue weighted by atomic mass is 16.5. The highest BCUT2D eigenvalue weighted by molar-refractivity contribution is 5.95. The van der Waals surface area contributed by atoms with Crippen LogP contribution < -0.4 is 4.90 Å². The number of benzene rings is 1. The van der Waals surface area contributed by atoms with Crippen LogP contribution in [0.2, 0.25) is 0 Å². The highest BCUT2D eigenvalue weighted by Crippen LogP contribution is 2.13. The summed E-state index contributed by atoms with van der Waals surface area (Å²) in [6.45, 7) is 6.95. The third-order valence-electron chi connectivity index (χ3n) is 3.85.